The molecule has 2 aromatic heterocycles. The maximum Gasteiger partial charge on any atom is 0.312 e. The van der Waals surface area contributed by atoms with E-state index in [2.05, 4.69) is 15.5 Å². The quantitative estimate of drug-likeness (QED) is 0.132. The molecule has 0 unspecified atom stereocenters. The Kier molecular flexibility index (Phi) is 6.55. The minimum absolute atomic E-state index is 0.0402. The summed E-state index contributed by atoms with van der Waals surface area (Å²) in [5.74, 6) is -6.82. The summed E-state index contributed by atoms with van der Waals surface area (Å²) in [6.07, 6.45) is 2.51. The Morgan fingerprint density at radius 1 is 1.06 bits per heavy atom. The number of amides is 1. The molecule has 4 rings (SSSR count). The van der Waals surface area contributed by atoms with E-state index in [-0.39, 0.29) is 24.0 Å². The highest BCUT2D eigenvalue weighted by Crippen LogP contribution is 2.23. The summed E-state index contributed by atoms with van der Waals surface area (Å²) < 4.78 is 56.9. The molecule has 2 aromatic carbocycles. The highest BCUT2D eigenvalue weighted by atomic mass is 19.2. The molecule has 2 heterocycles. The topological polar surface area (TPSA) is 108 Å². The number of hydrogen-bond donors (Lipinski definition) is 1. The van der Waals surface area contributed by atoms with Crippen LogP contribution in [0.1, 0.15) is 32.9 Å². The molecule has 0 spiro atoms. The summed E-state index contributed by atoms with van der Waals surface area (Å²) in [6, 6.07) is 6.71. The fraction of sp³-hybridized carbons (Fsp3) is 0.174. The van der Waals surface area contributed by atoms with E-state index in [0.717, 1.165) is 10.2 Å². The predicted octanol–water partition coefficient (Wildman–Crippen LogP) is 4.51. The number of aromatic nitrogens is 4. The molecule has 0 aliphatic heterocycles. The molecular formula is C23H18F4N6O3. The van der Waals surface area contributed by atoms with Gasteiger partial charge in [0.15, 0.2) is 17.5 Å². The number of nitrogens with one attached hydrogen (secondary N) is 1. The van der Waals surface area contributed by atoms with Crippen molar-refractivity contribution in [1.29, 1.82) is 0 Å². The van der Waals surface area contributed by atoms with Crippen LogP contribution in [0.4, 0.5) is 28.9 Å². The van der Waals surface area contributed by atoms with E-state index >= 15 is 0 Å². The summed E-state index contributed by atoms with van der Waals surface area (Å²) in [4.78, 5) is 23.3. The predicted molar refractivity (Wildman–Crippen MR) is 119 cm³/mol. The van der Waals surface area contributed by atoms with Gasteiger partial charge in [-0.1, -0.05) is 12.1 Å². The van der Waals surface area contributed by atoms with E-state index in [0.29, 0.717) is 17.0 Å². The zero-order valence-corrected chi connectivity index (χ0v) is 18.9. The Bertz CT molecular complexity index is 1480. The maximum absolute atomic E-state index is 13.9. The zero-order valence-electron chi connectivity index (χ0n) is 18.9. The lowest BCUT2D eigenvalue weighted by Crippen LogP contribution is -2.12. The third-order valence-electron chi connectivity index (χ3n) is 5.49. The molecule has 1 amide bonds. The van der Waals surface area contributed by atoms with Gasteiger partial charge in [0.1, 0.15) is 17.2 Å². The van der Waals surface area contributed by atoms with Gasteiger partial charge in [0.2, 0.25) is 0 Å². The maximum atomic E-state index is 13.9. The van der Waals surface area contributed by atoms with Crippen molar-refractivity contribution in [3.8, 4) is 0 Å². The number of aryl methyl sites for hydroxylation is 1. The van der Waals surface area contributed by atoms with Gasteiger partial charge in [-0.05, 0) is 31.5 Å². The van der Waals surface area contributed by atoms with Crippen LogP contribution in [0.25, 0.3) is 0 Å². The lowest BCUT2D eigenvalue weighted by atomic mass is 10.1. The van der Waals surface area contributed by atoms with E-state index in [1.165, 1.54) is 17.1 Å². The first kappa shape index (κ1) is 24.6. The lowest BCUT2D eigenvalue weighted by Gasteiger charge is -2.07. The molecule has 0 bridgehead atoms. The van der Waals surface area contributed by atoms with Crippen molar-refractivity contribution < 1.29 is 27.3 Å². The van der Waals surface area contributed by atoms with E-state index in [9.17, 15) is 32.5 Å². The van der Waals surface area contributed by atoms with Crippen LogP contribution in [0.3, 0.4) is 0 Å². The average Bonchev–Trinajstić information content (AvgIpc) is 3.38. The van der Waals surface area contributed by atoms with E-state index in [4.69, 9.17) is 0 Å². The van der Waals surface area contributed by atoms with Crippen molar-refractivity contribution in [2.75, 3.05) is 5.32 Å². The van der Waals surface area contributed by atoms with Crippen molar-refractivity contribution in [3.05, 3.63) is 104 Å². The normalized spacial score (nSPS) is 11.1. The van der Waals surface area contributed by atoms with Crippen LogP contribution in [-0.4, -0.2) is 30.4 Å². The number of carbonyl (C=O) groups excluding carboxylic acids is 1. The second-order valence-electron chi connectivity index (χ2n) is 7.96. The molecule has 0 saturated carbocycles. The Balaban J connectivity index is 1.42. The molecule has 36 heavy (non-hydrogen) atoms. The van der Waals surface area contributed by atoms with Gasteiger partial charge in [0, 0.05) is 23.4 Å². The number of nitro groups is 1. The number of anilines is 1. The molecule has 0 aliphatic carbocycles. The molecule has 0 aliphatic rings. The summed E-state index contributed by atoms with van der Waals surface area (Å²) in [5, 5.41) is 21.8. The molecule has 0 radical (unpaired) electrons. The molecule has 13 heteroatoms. The summed E-state index contributed by atoms with van der Waals surface area (Å²) in [6.45, 7) is 2.91. The van der Waals surface area contributed by atoms with Crippen LogP contribution in [0.5, 0.6) is 0 Å². The van der Waals surface area contributed by atoms with Gasteiger partial charge in [-0.3, -0.25) is 24.3 Å². The molecule has 1 N–H and O–H groups in total. The second-order valence-corrected chi connectivity index (χ2v) is 7.96. The van der Waals surface area contributed by atoms with Crippen LogP contribution in [0, 0.1) is 47.2 Å². The van der Waals surface area contributed by atoms with Gasteiger partial charge >= 0.3 is 5.69 Å². The van der Waals surface area contributed by atoms with Gasteiger partial charge < -0.3 is 5.32 Å². The first-order chi connectivity index (χ1) is 17.0. The van der Waals surface area contributed by atoms with Gasteiger partial charge in [-0.25, -0.2) is 17.6 Å². The summed E-state index contributed by atoms with van der Waals surface area (Å²) in [5.41, 5.74) is 1.24. The minimum Gasteiger partial charge on any atom is -0.319 e. The second kappa shape index (κ2) is 9.60. The highest BCUT2D eigenvalue weighted by molar-refractivity contribution is 6.04. The summed E-state index contributed by atoms with van der Waals surface area (Å²) in [7, 11) is 0. The Labute approximate surface area is 201 Å². The number of hydrogen-bond acceptors (Lipinski definition) is 5. The van der Waals surface area contributed by atoms with Gasteiger partial charge in [-0.15, -0.1) is 0 Å². The molecule has 186 valence electrons. The Morgan fingerprint density at radius 3 is 2.39 bits per heavy atom. The monoisotopic (exact) mass is 502 g/mol. The van der Waals surface area contributed by atoms with Crippen LogP contribution in [0.15, 0.2) is 42.7 Å². The first-order valence-corrected chi connectivity index (χ1v) is 10.5. The standard InChI is InChI=1S/C23H18F4N6O3/c1-12-22(33(35)36)13(2)32(30-12)9-14-3-5-15(6-4-14)23(34)29-16-8-28-31(10-16)11-17-18(24)7-19(25)21(27)20(17)26/h3-8,10H,9,11H2,1-2H3,(H,29,34). The average molecular weight is 502 g/mol. The Morgan fingerprint density at radius 2 is 1.75 bits per heavy atom. The number of nitrogens with zero attached hydrogens (tertiary/aromatic N) is 5. The lowest BCUT2D eigenvalue weighted by molar-refractivity contribution is -0.386. The third kappa shape index (κ3) is 4.80. The van der Waals surface area contributed by atoms with E-state index in [1.54, 1.807) is 38.1 Å². The number of halogens is 4. The van der Waals surface area contributed by atoms with E-state index in [1.807, 2.05) is 0 Å². The molecule has 9 nitrogen and oxygen atoms in total. The molecular weight excluding hydrogens is 484 g/mol. The van der Waals surface area contributed by atoms with Crippen molar-refractivity contribution in [3.63, 3.8) is 0 Å². The smallest absolute Gasteiger partial charge is 0.312 e. The van der Waals surface area contributed by atoms with Crippen molar-refractivity contribution in [2.24, 2.45) is 0 Å². The van der Waals surface area contributed by atoms with Gasteiger partial charge in [0.25, 0.3) is 5.91 Å². The molecule has 4 aromatic rings. The minimum atomic E-state index is -1.79. The fourth-order valence-electron chi connectivity index (χ4n) is 3.67. The van der Waals surface area contributed by atoms with Crippen LogP contribution in [-0.2, 0) is 13.1 Å². The van der Waals surface area contributed by atoms with Crippen molar-refractivity contribution in [1.82, 2.24) is 19.6 Å². The van der Waals surface area contributed by atoms with Crippen LogP contribution in [0.2, 0.25) is 0 Å². The van der Waals surface area contributed by atoms with Crippen molar-refractivity contribution in [2.45, 2.75) is 26.9 Å². The van der Waals surface area contributed by atoms with Gasteiger partial charge in [0.05, 0.1) is 29.9 Å². The van der Waals surface area contributed by atoms with Gasteiger partial charge in [-0.2, -0.15) is 10.2 Å². The van der Waals surface area contributed by atoms with Crippen molar-refractivity contribution >= 4 is 17.3 Å². The van der Waals surface area contributed by atoms with Crippen LogP contribution < -0.4 is 5.32 Å². The fourth-order valence-corrected chi connectivity index (χ4v) is 3.67. The largest absolute Gasteiger partial charge is 0.319 e. The number of benzene rings is 2. The summed E-state index contributed by atoms with van der Waals surface area (Å²) >= 11 is 0. The molecule has 0 fully saturated rings. The SMILES string of the molecule is Cc1nn(Cc2ccc(C(=O)Nc3cnn(Cc4c(F)cc(F)c(F)c4F)c3)cc2)c(C)c1[N+](=O)[O-]. The molecule has 0 saturated heterocycles. The van der Waals surface area contributed by atoms with E-state index < -0.39 is 46.2 Å². The number of carbonyl (C=O) groups is 1. The third-order valence-corrected chi connectivity index (χ3v) is 5.49. The number of rotatable bonds is 7. The zero-order chi connectivity index (χ0) is 26.1. The molecule has 0 atom stereocenters. The Hall–Kier alpha value is -4.55. The highest BCUT2D eigenvalue weighted by Gasteiger charge is 2.22. The van der Waals surface area contributed by atoms with Crippen LogP contribution >= 0.6 is 0 Å². The first-order valence-electron chi connectivity index (χ1n) is 10.5.